The number of hydrogen-bond donors (Lipinski definition) is 1. The molecule has 33 heavy (non-hydrogen) atoms. The number of hydrogen-bond acceptors (Lipinski definition) is 6. The Balaban J connectivity index is 1.72. The number of nitrogens with zero attached hydrogens (tertiary/aromatic N) is 2. The predicted molar refractivity (Wildman–Crippen MR) is 135 cm³/mol. The number of aliphatic hydroxyl groups excluding tert-OH is 1. The van der Waals surface area contributed by atoms with E-state index in [1.165, 1.54) is 5.56 Å². The van der Waals surface area contributed by atoms with Crippen LogP contribution in [0.2, 0.25) is 0 Å². The topological polar surface area (TPSA) is 72.3 Å². The van der Waals surface area contributed by atoms with Gasteiger partial charge in [0.25, 0.3) is 0 Å². The maximum Gasteiger partial charge on any atom is 0.217 e. The molecule has 0 radical (unpaired) electrons. The summed E-state index contributed by atoms with van der Waals surface area (Å²) >= 11 is 1.59. The standard InChI is InChI=1S/C27H36N2O3S/c1-6-9-21-16-24(32-5)29-27(28-21)33-11-10-18-14-22(30)26(23(31)15-18)25-19(7-2)12-17(4)13-20(25)8-3/h12-13,16,18,30H,6-11,14-15H2,1-5H3. The third-order valence-electron chi connectivity index (χ3n) is 6.19. The lowest BCUT2D eigenvalue weighted by Gasteiger charge is -2.26. The highest BCUT2D eigenvalue weighted by Crippen LogP contribution is 2.38. The van der Waals surface area contributed by atoms with Crippen molar-refractivity contribution >= 4 is 23.1 Å². The lowest BCUT2D eigenvalue weighted by atomic mass is 9.79. The van der Waals surface area contributed by atoms with E-state index < -0.39 is 0 Å². The van der Waals surface area contributed by atoms with Crippen LogP contribution in [0, 0.1) is 12.8 Å². The minimum absolute atomic E-state index is 0.0601. The van der Waals surface area contributed by atoms with E-state index in [1.54, 1.807) is 18.9 Å². The van der Waals surface area contributed by atoms with Gasteiger partial charge in [-0.25, -0.2) is 4.98 Å². The fourth-order valence-electron chi connectivity index (χ4n) is 4.60. The van der Waals surface area contributed by atoms with E-state index >= 15 is 0 Å². The zero-order valence-corrected chi connectivity index (χ0v) is 21.3. The maximum absolute atomic E-state index is 13.2. The number of methoxy groups -OCH3 is 1. The Bertz CT molecular complexity index is 1010. The zero-order valence-electron chi connectivity index (χ0n) is 20.5. The average molecular weight is 469 g/mol. The molecule has 1 heterocycles. The average Bonchev–Trinajstić information content (AvgIpc) is 2.79. The summed E-state index contributed by atoms with van der Waals surface area (Å²) in [4.78, 5) is 22.3. The van der Waals surface area contributed by atoms with Crippen molar-refractivity contribution in [3.8, 4) is 5.88 Å². The fourth-order valence-corrected chi connectivity index (χ4v) is 5.57. The number of carbonyl (C=O) groups excluding carboxylic acids is 1. The summed E-state index contributed by atoms with van der Waals surface area (Å²) in [6.45, 7) is 8.42. The van der Waals surface area contributed by atoms with Gasteiger partial charge in [-0.05, 0) is 55.2 Å². The van der Waals surface area contributed by atoms with E-state index in [9.17, 15) is 9.90 Å². The third kappa shape index (κ3) is 6.17. The van der Waals surface area contributed by atoms with Gasteiger partial charge >= 0.3 is 0 Å². The zero-order chi connectivity index (χ0) is 24.0. The first-order valence-corrected chi connectivity index (χ1v) is 13.0. The van der Waals surface area contributed by atoms with Crippen molar-refractivity contribution in [2.45, 2.75) is 77.8 Å². The van der Waals surface area contributed by atoms with Gasteiger partial charge in [0.15, 0.2) is 10.9 Å². The smallest absolute Gasteiger partial charge is 0.217 e. The van der Waals surface area contributed by atoms with Crippen molar-refractivity contribution in [1.29, 1.82) is 0 Å². The van der Waals surface area contributed by atoms with Gasteiger partial charge in [0.05, 0.1) is 12.7 Å². The SMILES string of the molecule is CCCc1cc(OC)nc(SCCC2CC(=O)C(c3c(CC)cc(C)cc3CC)=C(O)C2)n1. The summed E-state index contributed by atoms with van der Waals surface area (Å²) in [5, 5.41) is 11.7. The molecule has 1 aliphatic carbocycles. The number of benzene rings is 1. The number of aryl methyl sites for hydroxylation is 4. The number of carbonyl (C=O) groups is 1. The Hall–Kier alpha value is -2.34. The van der Waals surface area contributed by atoms with Crippen LogP contribution in [-0.2, 0) is 24.1 Å². The van der Waals surface area contributed by atoms with Crippen LogP contribution in [0.5, 0.6) is 5.88 Å². The molecular weight excluding hydrogens is 432 g/mol. The molecule has 1 aliphatic rings. The molecule has 0 aliphatic heterocycles. The van der Waals surface area contributed by atoms with Crippen LogP contribution in [0.25, 0.3) is 5.57 Å². The van der Waals surface area contributed by atoms with E-state index in [-0.39, 0.29) is 17.5 Å². The Kier molecular flexibility index (Phi) is 8.95. The Labute approximate surface area is 202 Å². The molecule has 0 spiro atoms. The molecule has 1 unspecified atom stereocenters. The molecule has 1 N–H and O–H groups in total. The second kappa shape index (κ2) is 11.7. The summed E-state index contributed by atoms with van der Waals surface area (Å²) in [5.41, 5.74) is 6.00. The first-order chi connectivity index (χ1) is 15.9. The number of thioether (sulfide) groups is 1. The second-order valence-electron chi connectivity index (χ2n) is 8.76. The van der Waals surface area contributed by atoms with Crippen molar-refractivity contribution in [3.05, 3.63) is 51.9 Å². The van der Waals surface area contributed by atoms with Crippen LogP contribution in [0.15, 0.2) is 29.1 Å². The van der Waals surface area contributed by atoms with Crippen molar-refractivity contribution in [2.24, 2.45) is 5.92 Å². The molecular formula is C27H36N2O3S. The molecule has 2 aromatic rings. The quantitative estimate of drug-likeness (QED) is 0.326. The molecule has 0 saturated carbocycles. The predicted octanol–water partition coefficient (Wildman–Crippen LogP) is 6.30. The third-order valence-corrected chi connectivity index (χ3v) is 7.07. The highest BCUT2D eigenvalue weighted by molar-refractivity contribution is 7.99. The van der Waals surface area contributed by atoms with Gasteiger partial charge in [-0.2, -0.15) is 4.98 Å². The first-order valence-electron chi connectivity index (χ1n) is 12.0. The summed E-state index contributed by atoms with van der Waals surface area (Å²) < 4.78 is 5.32. The summed E-state index contributed by atoms with van der Waals surface area (Å²) in [5.74, 6) is 1.83. The summed E-state index contributed by atoms with van der Waals surface area (Å²) in [6.07, 6.45) is 5.43. The van der Waals surface area contributed by atoms with Gasteiger partial charge in [-0.3, -0.25) is 4.79 Å². The Morgan fingerprint density at radius 1 is 1.09 bits per heavy atom. The molecule has 0 saturated heterocycles. The van der Waals surface area contributed by atoms with Gasteiger partial charge < -0.3 is 9.84 Å². The van der Waals surface area contributed by atoms with Crippen molar-refractivity contribution in [3.63, 3.8) is 0 Å². The van der Waals surface area contributed by atoms with Gasteiger partial charge in [0.1, 0.15) is 5.76 Å². The van der Waals surface area contributed by atoms with Crippen LogP contribution in [0.1, 0.15) is 74.4 Å². The van der Waals surface area contributed by atoms with Crippen LogP contribution in [0.4, 0.5) is 0 Å². The number of ketones is 1. The highest BCUT2D eigenvalue weighted by Gasteiger charge is 2.30. The molecule has 1 atom stereocenters. The number of aromatic nitrogens is 2. The number of rotatable bonds is 10. The molecule has 0 amide bonds. The maximum atomic E-state index is 13.2. The minimum atomic E-state index is 0.0601. The van der Waals surface area contributed by atoms with E-state index in [1.807, 2.05) is 6.07 Å². The molecule has 1 aromatic heterocycles. The van der Waals surface area contributed by atoms with Crippen molar-refractivity contribution in [1.82, 2.24) is 9.97 Å². The molecule has 0 bridgehead atoms. The fraction of sp³-hybridized carbons (Fsp3) is 0.519. The van der Waals surface area contributed by atoms with Crippen molar-refractivity contribution < 1.29 is 14.6 Å². The number of aliphatic hydroxyl groups is 1. The van der Waals surface area contributed by atoms with Gasteiger partial charge in [0.2, 0.25) is 5.88 Å². The van der Waals surface area contributed by atoms with E-state index in [0.717, 1.165) is 60.2 Å². The lowest BCUT2D eigenvalue weighted by Crippen LogP contribution is -2.21. The second-order valence-corrected chi connectivity index (χ2v) is 9.82. The summed E-state index contributed by atoms with van der Waals surface area (Å²) in [7, 11) is 1.62. The van der Waals surface area contributed by atoms with Crippen LogP contribution >= 0.6 is 11.8 Å². The Morgan fingerprint density at radius 3 is 2.36 bits per heavy atom. The molecule has 5 nitrogen and oxygen atoms in total. The highest BCUT2D eigenvalue weighted by atomic mass is 32.2. The number of Topliss-reactive ketones (excluding diaryl/α,β-unsaturated/α-hetero) is 1. The van der Waals surface area contributed by atoms with Gasteiger partial charge in [0, 0.05) is 30.4 Å². The van der Waals surface area contributed by atoms with Gasteiger partial charge in [-0.15, -0.1) is 0 Å². The van der Waals surface area contributed by atoms with Crippen molar-refractivity contribution in [2.75, 3.05) is 12.9 Å². The largest absolute Gasteiger partial charge is 0.512 e. The first kappa shape index (κ1) is 25.3. The normalized spacial score (nSPS) is 16.4. The molecule has 6 heteroatoms. The van der Waals surface area contributed by atoms with E-state index in [0.29, 0.717) is 29.5 Å². The summed E-state index contributed by atoms with van der Waals surface area (Å²) in [6, 6.07) is 6.18. The Morgan fingerprint density at radius 2 is 1.79 bits per heavy atom. The molecule has 0 fully saturated rings. The monoisotopic (exact) mass is 468 g/mol. The van der Waals surface area contributed by atoms with Crippen LogP contribution in [0.3, 0.4) is 0 Å². The van der Waals surface area contributed by atoms with Crippen LogP contribution < -0.4 is 4.74 Å². The molecule has 1 aromatic carbocycles. The minimum Gasteiger partial charge on any atom is -0.512 e. The molecule has 3 rings (SSSR count). The van der Waals surface area contributed by atoms with Crippen LogP contribution in [-0.4, -0.2) is 33.7 Å². The van der Waals surface area contributed by atoms with E-state index in [2.05, 4.69) is 49.8 Å². The lowest BCUT2D eigenvalue weighted by molar-refractivity contribution is -0.115. The number of ether oxygens (including phenoxy) is 1. The number of allylic oxidation sites excluding steroid dienone is 2. The molecule has 178 valence electrons. The van der Waals surface area contributed by atoms with Gasteiger partial charge in [-0.1, -0.05) is 56.7 Å². The van der Waals surface area contributed by atoms with E-state index in [4.69, 9.17) is 4.74 Å².